The molecule has 3 heteroatoms. The molecule has 1 aromatic carbocycles. The predicted molar refractivity (Wildman–Crippen MR) is 75.7 cm³/mol. The average molecular weight is 265 g/mol. The van der Waals surface area contributed by atoms with Crippen LogP contribution in [-0.2, 0) is 0 Å². The summed E-state index contributed by atoms with van der Waals surface area (Å²) in [5.41, 5.74) is 0.711. The lowest BCUT2D eigenvalue weighted by Gasteiger charge is -2.40. The molecule has 0 bridgehead atoms. The number of phenolic OH excluding ortho intramolecular Hbond substituents is 1. The highest BCUT2D eigenvalue weighted by Gasteiger charge is 2.28. The first-order chi connectivity index (χ1) is 9.13. The van der Waals surface area contributed by atoms with Crippen LogP contribution in [0, 0.1) is 5.82 Å². The standard InChI is InChI=1S/C16H24FNO/c1-3-6-14-7-4-5-10-18(14)12(2)15-11-13(17)8-9-16(15)19/h8-9,11-12,14,19H,3-7,10H2,1-2H3. The number of likely N-dealkylation sites (tertiary alicyclic amines) is 1. The van der Waals surface area contributed by atoms with Crippen molar-refractivity contribution in [1.29, 1.82) is 0 Å². The number of phenols is 1. The zero-order chi connectivity index (χ0) is 13.8. The maximum atomic E-state index is 13.4. The molecule has 0 radical (unpaired) electrons. The molecule has 1 aliphatic rings. The summed E-state index contributed by atoms with van der Waals surface area (Å²) in [7, 11) is 0. The maximum absolute atomic E-state index is 13.4. The smallest absolute Gasteiger partial charge is 0.123 e. The largest absolute Gasteiger partial charge is 0.508 e. The molecule has 2 rings (SSSR count). The number of nitrogens with zero attached hydrogens (tertiary/aromatic N) is 1. The maximum Gasteiger partial charge on any atom is 0.123 e. The van der Waals surface area contributed by atoms with E-state index in [9.17, 15) is 9.50 Å². The number of benzene rings is 1. The van der Waals surface area contributed by atoms with Crippen molar-refractivity contribution in [1.82, 2.24) is 4.90 Å². The lowest BCUT2D eigenvalue weighted by atomic mass is 9.94. The predicted octanol–water partition coefficient (Wildman–Crippen LogP) is 4.25. The van der Waals surface area contributed by atoms with Gasteiger partial charge in [0.05, 0.1) is 0 Å². The van der Waals surface area contributed by atoms with Crippen molar-refractivity contribution < 1.29 is 9.50 Å². The lowest BCUT2D eigenvalue weighted by Crippen LogP contribution is -2.41. The molecule has 1 aromatic rings. The molecule has 19 heavy (non-hydrogen) atoms. The minimum atomic E-state index is -0.274. The number of hydrogen-bond acceptors (Lipinski definition) is 2. The Bertz CT molecular complexity index is 419. The molecule has 1 saturated heterocycles. The number of hydrogen-bond donors (Lipinski definition) is 1. The summed E-state index contributed by atoms with van der Waals surface area (Å²) in [5.74, 6) is -0.0709. The molecule has 0 amide bonds. The van der Waals surface area contributed by atoms with Crippen molar-refractivity contribution in [2.75, 3.05) is 6.54 Å². The number of halogens is 1. The van der Waals surface area contributed by atoms with Crippen molar-refractivity contribution >= 4 is 0 Å². The summed E-state index contributed by atoms with van der Waals surface area (Å²) < 4.78 is 13.4. The van der Waals surface area contributed by atoms with Gasteiger partial charge in [0.1, 0.15) is 11.6 Å². The van der Waals surface area contributed by atoms with Gasteiger partial charge in [-0.3, -0.25) is 4.90 Å². The molecule has 2 nitrogen and oxygen atoms in total. The van der Waals surface area contributed by atoms with Crippen LogP contribution in [0.5, 0.6) is 5.75 Å². The first-order valence-corrected chi connectivity index (χ1v) is 7.37. The van der Waals surface area contributed by atoms with Gasteiger partial charge in [0.25, 0.3) is 0 Å². The van der Waals surface area contributed by atoms with Gasteiger partial charge in [-0.1, -0.05) is 19.8 Å². The van der Waals surface area contributed by atoms with Crippen molar-refractivity contribution in [3.05, 3.63) is 29.6 Å². The molecule has 1 fully saturated rings. The summed E-state index contributed by atoms with van der Waals surface area (Å²) >= 11 is 0. The Labute approximate surface area is 115 Å². The third-order valence-electron chi connectivity index (χ3n) is 4.23. The van der Waals surface area contributed by atoms with E-state index in [1.54, 1.807) is 0 Å². The van der Waals surface area contributed by atoms with Crippen LogP contribution >= 0.6 is 0 Å². The van der Waals surface area contributed by atoms with E-state index in [1.807, 2.05) is 0 Å². The van der Waals surface area contributed by atoms with E-state index in [1.165, 1.54) is 50.3 Å². The Hall–Kier alpha value is -1.09. The Morgan fingerprint density at radius 2 is 2.21 bits per heavy atom. The molecule has 0 aliphatic carbocycles. The fourth-order valence-electron chi connectivity index (χ4n) is 3.21. The van der Waals surface area contributed by atoms with E-state index in [2.05, 4.69) is 18.7 Å². The normalized spacial score (nSPS) is 22.4. The van der Waals surface area contributed by atoms with Crippen molar-refractivity contribution in [2.45, 2.75) is 58.0 Å². The first-order valence-electron chi connectivity index (χ1n) is 7.37. The third kappa shape index (κ3) is 3.27. The minimum absolute atomic E-state index is 0.0764. The zero-order valence-corrected chi connectivity index (χ0v) is 11.9. The van der Waals surface area contributed by atoms with Crippen LogP contribution in [0.4, 0.5) is 4.39 Å². The molecule has 2 atom stereocenters. The van der Waals surface area contributed by atoms with Crippen molar-refractivity contribution in [3.63, 3.8) is 0 Å². The SMILES string of the molecule is CCCC1CCCCN1C(C)c1cc(F)ccc1O. The van der Waals surface area contributed by atoms with Gasteiger partial charge >= 0.3 is 0 Å². The zero-order valence-electron chi connectivity index (χ0n) is 11.9. The monoisotopic (exact) mass is 265 g/mol. The van der Waals surface area contributed by atoms with E-state index in [0.717, 1.165) is 6.54 Å². The van der Waals surface area contributed by atoms with Crippen molar-refractivity contribution in [2.24, 2.45) is 0 Å². The van der Waals surface area contributed by atoms with Crippen LogP contribution in [-0.4, -0.2) is 22.6 Å². The number of piperidine rings is 1. The fraction of sp³-hybridized carbons (Fsp3) is 0.625. The van der Waals surface area contributed by atoms with Gasteiger partial charge in [-0.05, 0) is 50.9 Å². The summed E-state index contributed by atoms with van der Waals surface area (Å²) in [6.45, 7) is 5.32. The van der Waals surface area contributed by atoms with Crippen LogP contribution in [0.15, 0.2) is 18.2 Å². The van der Waals surface area contributed by atoms with E-state index >= 15 is 0 Å². The Morgan fingerprint density at radius 3 is 2.95 bits per heavy atom. The summed E-state index contributed by atoms with van der Waals surface area (Å²) in [6, 6.07) is 4.88. The van der Waals surface area contributed by atoms with Gasteiger partial charge in [0.15, 0.2) is 0 Å². The Kier molecular flexibility index (Phi) is 4.81. The third-order valence-corrected chi connectivity index (χ3v) is 4.23. The number of aromatic hydroxyl groups is 1. The fourth-order valence-corrected chi connectivity index (χ4v) is 3.21. The Balaban J connectivity index is 2.20. The van der Waals surface area contributed by atoms with E-state index < -0.39 is 0 Å². The molecule has 0 saturated carbocycles. The van der Waals surface area contributed by atoms with Gasteiger partial charge in [-0.15, -0.1) is 0 Å². The van der Waals surface area contributed by atoms with Gasteiger partial charge in [0.2, 0.25) is 0 Å². The van der Waals surface area contributed by atoms with Gasteiger partial charge in [-0.2, -0.15) is 0 Å². The van der Waals surface area contributed by atoms with Gasteiger partial charge < -0.3 is 5.11 Å². The van der Waals surface area contributed by atoms with Gasteiger partial charge in [-0.25, -0.2) is 4.39 Å². The molecule has 1 heterocycles. The summed E-state index contributed by atoms with van der Waals surface area (Å²) in [6.07, 6.45) is 6.04. The molecular weight excluding hydrogens is 241 g/mol. The molecule has 0 aromatic heterocycles. The summed E-state index contributed by atoms with van der Waals surface area (Å²) in [5, 5.41) is 9.96. The van der Waals surface area contributed by atoms with E-state index in [0.29, 0.717) is 11.6 Å². The van der Waals surface area contributed by atoms with Crippen molar-refractivity contribution in [3.8, 4) is 5.75 Å². The molecule has 106 valence electrons. The van der Waals surface area contributed by atoms with Crippen LogP contribution < -0.4 is 0 Å². The van der Waals surface area contributed by atoms with E-state index in [-0.39, 0.29) is 17.6 Å². The minimum Gasteiger partial charge on any atom is -0.508 e. The molecular formula is C16H24FNO. The second-order valence-corrected chi connectivity index (χ2v) is 5.56. The highest BCUT2D eigenvalue weighted by Crippen LogP contribution is 2.34. The second-order valence-electron chi connectivity index (χ2n) is 5.56. The van der Waals surface area contributed by atoms with Crippen LogP contribution in [0.1, 0.15) is 57.6 Å². The lowest BCUT2D eigenvalue weighted by molar-refractivity contribution is 0.0949. The summed E-state index contributed by atoms with van der Waals surface area (Å²) in [4.78, 5) is 2.43. The van der Waals surface area contributed by atoms with Crippen LogP contribution in [0.2, 0.25) is 0 Å². The molecule has 1 aliphatic heterocycles. The van der Waals surface area contributed by atoms with E-state index in [4.69, 9.17) is 0 Å². The molecule has 0 spiro atoms. The highest BCUT2D eigenvalue weighted by atomic mass is 19.1. The van der Waals surface area contributed by atoms with Crippen LogP contribution in [0.3, 0.4) is 0 Å². The topological polar surface area (TPSA) is 23.5 Å². The molecule has 2 unspecified atom stereocenters. The molecule has 1 N–H and O–H groups in total. The number of rotatable bonds is 4. The average Bonchev–Trinajstić information content (AvgIpc) is 2.42. The Morgan fingerprint density at radius 1 is 1.42 bits per heavy atom. The van der Waals surface area contributed by atoms with Gasteiger partial charge in [0, 0.05) is 17.6 Å². The first kappa shape index (κ1) is 14.3. The van der Waals surface area contributed by atoms with Crippen LogP contribution in [0.25, 0.3) is 0 Å². The highest BCUT2D eigenvalue weighted by molar-refractivity contribution is 5.35. The quantitative estimate of drug-likeness (QED) is 0.880. The second kappa shape index (κ2) is 6.38.